The number of hydrogen-bond acceptors (Lipinski definition) is 3. The predicted molar refractivity (Wildman–Crippen MR) is 96.7 cm³/mol. The van der Waals surface area contributed by atoms with Crippen molar-refractivity contribution in [1.29, 1.82) is 0 Å². The molecule has 2 aromatic carbocycles. The Labute approximate surface area is 160 Å². The first-order valence-electron chi connectivity index (χ1n) is 7.57. The lowest BCUT2D eigenvalue weighted by Gasteiger charge is -2.09. The van der Waals surface area contributed by atoms with E-state index in [1.165, 1.54) is 30.3 Å². The highest BCUT2D eigenvalue weighted by molar-refractivity contribution is 7.17. The molecule has 9 heteroatoms. The van der Waals surface area contributed by atoms with Crippen LogP contribution in [0.3, 0.4) is 0 Å². The molecule has 0 saturated carbocycles. The Morgan fingerprint density at radius 1 is 1.19 bits per heavy atom. The number of carbonyl (C=O) groups excluding carboxylic acids is 1. The molecule has 140 valence electrons. The molecule has 0 aliphatic carbocycles. The fourth-order valence-electron chi connectivity index (χ4n) is 2.36. The number of amides is 1. The highest BCUT2D eigenvalue weighted by Gasteiger charge is 2.40. The van der Waals surface area contributed by atoms with Gasteiger partial charge in [-0.1, -0.05) is 23.7 Å². The minimum Gasteiger partial charge on any atom is -0.321 e. The average Bonchev–Trinajstić information content (AvgIpc) is 3.03. The molecule has 3 nitrogen and oxygen atoms in total. The maximum atomic E-state index is 13.9. The lowest BCUT2D eigenvalue weighted by Crippen LogP contribution is -2.17. The number of hydrogen-bond donors (Lipinski definition) is 1. The second-order valence-corrected chi connectivity index (χ2v) is 7.02. The van der Waals surface area contributed by atoms with Crippen molar-refractivity contribution in [3.05, 3.63) is 69.4 Å². The molecule has 1 N–H and O–H groups in total. The van der Waals surface area contributed by atoms with Gasteiger partial charge in [0.05, 0.1) is 0 Å². The number of nitrogens with zero attached hydrogens (tertiary/aromatic N) is 1. The molecule has 0 aliphatic heterocycles. The Kier molecular flexibility index (Phi) is 5.21. The smallest absolute Gasteiger partial charge is 0.321 e. The molecule has 1 amide bonds. The SMILES string of the molecule is Cc1cc(Cl)ccc1NC(=O)c1sc(-c2ccccc2F)nc1C(F)(F)F. The third-order valence-corrected chi connectivity index (χ3v) is 4.97. The molecule has 0 unspecified atom stereocenters. The van der Waals surface area contributed by atoms with Crippen LogP contribution < -0.4 is 5.32 Å². The Balaban J connectivity index is 2.03. The van der Waals surface area contributed by atoms with Crippen molar-refractivity contribution in [3.63, 3.8) is 0 Å². The van der Waals surface area contributed by atoms with Gasteiger partial charge in [-0.05, 0) is 42.8 Å². The topological polar surface area (TPSA) is 42.0 Å². The zero-order chi connectivity index (χ0) is 19.8. The summed E-state index contributed by atoms with van der Waals surface area (Å²) in [4.78, 5) is 15.3. The van der Waals surface area contributed by atoms with E-state index in [2.05, 4.69) is 10.3 Å². The molecule has 0 atom stereocenters. The zero-order valence-corrected chi connectivity index (χ0v) is 15.3. The third kappa shape index (κ3) is 4.12. The van der Waals surface area contributed by atoms with E-state index in [0.29, 0.717) is 27.6 Å². The molecular formula is C18H11ClF4N2OS. The van der Waals surface area contributed by atoms with Crippen molar-refractivity contribution in [1.82, 2.24) is 4.98 Å². The van der Waals surface area contributed by atoms with Crippen LogP contribution in [0.25, 0.3) is 10.6 Å². The van der Waals surface area contributed by atoms with Crippen molar-refractivity contribution in [2.75, 3.05) is 5.32 Å². The number of aromatic nitrogens is 1. The number of thiazole rings is 1. The van der Waals surface area contributed by atoms with Gasteiger partial charge >= 0.3 is 6.18 Å². The summed E-state index contributed by atoms with van der Waals surface area (Å²) in [6, 6.07) is 9.87. The molecule has 0 saturated heterocycles. The van der Waals surface area contributed by atoms with Crippen LogP contribution in [0.5, 0.6) is 0 Å². The highest BCUT2D eigenvalue weighted by atomic mass is 35.5. The van der Waals surface area contributed by atoms with Gasteiger partial charge in [0.2, 0.25) is 0 Å². The van der Waals surface area contributed by atoms with E-state index in [9.17, 15) is 22.4 Å². The normalized spacial score (nSPS) is 11.5. The quantitative estimate of drug-likeness (QED) is 0.520. The number of anilines is 1. The maximum absolute atomic E-state index is 13.9. The van der Waals surface area contributed by atoms with E-state index in [1.807, 2.05) is 0 Å². The van der Waals surface area contributed by atoms with Crippen LogP contribution in [0.1, 0.15) is 20.9 Å². The van der Waals surface area contributed by atoms with Crippen LogP contribution in [0, 0.1) is 12.7 Å². The lowest BCUT2D eigenvalue weighted by molar-refractivity contribution is -0.141. The number of rotatable bonds is 3. The van der Waals surface area contributed by atoms with Crippen molar-refractivity contribution in [2.24, 2.45) is 0 Å². The van der Waals surface area contributed by atoms with Crippen molar-refractivity contribution in [3.8, 4) is 10.6 Å². The van der Waals surface area contributed by atoms with E-state index in [4.69, 9.17) is 11.6 Å². The maximum Gasteiger partial charge on any atom is 0.435 e. The minimum absolute atomic E-state index is 0.102. The molecule has 0 spiro atoms. The first kappa shape index (κ1) is 19.3. The fraction of sp³-hybridized carbons (Fsp3) is 0.111. The average molecular weight is 415 g/mol. The van der Waals surface area contributed by atoms with Crippen LogP contribution in [-0.2, 0) is 6.18 Å². The van der Waals surface area contributed by atoms with Gasteiger partial charge in [0, 0.05) is 16.3 Å². The summed E-state index contributed by atoms with van der Waals surface area (Å²) < 4.78 is 54.0. The first-order valence-corrected chi connectivity index (χ1v) is 8.76. The van der Waals surface area contributed by atoms with E-state index in [-0.39, 0.29) is 10.6 Å². The van der Waals surface area contributed by atoms with E-state index < -0.39 is 28.5 Å². The summed E-state index contributed by atoms with van der Waals surface area (Å²) in [5.74, 6) is -1.70. The second kappa shape index (κ2) is 7.28. The summed E-state index contributed by atoms with van der Waals surface area (Å²) in [5.41, 5.74) is -0.550. The van der Waals surface area contributed by atoms with Crippen LogP contribution in [0.2, 0.25) is 5.02 Å². The predicted octanol–water partition coefficient (Wildman–Crippen LogP) is 6.18. The van der Waals surface area contributed by atoms with Crippen LogP contribution in [0.4, 0.5) is 23.2 Å². The monoisotopic (exact) mass is 414 g/mol. The second-order valence-electron chi connectivity index (χ2n) is 5.59. The molecule has 3 aromatic rings. The van der Waals surface area contributed by atoms with Gasteiger partial charge in [0.15, 0.2) is 5.69 Å². The number of halogens is 5. The van der Waals surface area contributed by atoms with Gasteiger partial charge in [-0.2, -0.15) is 13.2 Å². The van der Waals surface area contributed by atoms with Crippen molar-refractivity contribution in [2.45, 2.75) is 13.1 Å². The van der Waals surface area contributed by atoms with Crippen LogP contribution >= 0.6 is 22.9 Å². The Bertz CT molecular complexity index is 1020. The summed E-state index contributed by atoms with van der Waals surface area (Å²) in [6.07, 6.45) is -4.86. The number of benzene rings is 2. The summed E-state index contributed by atoms with van der Waals surface area (Å²) in [6.45, 7) is 1.66. The number of aryl methyl sites for hydroxylation is 1. The Morgan fingerprint density at radius 3 is 2.52 bits per heavy atom. The van der Waals surface area contributed by atoms with Crippen molar-refractivity contribution < 1.29 is 22.4 Å². The number of alkyl halides is 3. The third-order valence-electron chi connectivity index (χ3n) is 3.64. The van der Waals surface area contributed by atoms with Gasteiger partial charge in [0.25, 0.3) is 5.91 Å². The van der Waals surface area contributed by atoms with Crippen LogP contribution in [0.15, 0.2) is 42.5 Å². The number of carbonyl (C=O) groups is 1. The fourth-order valence-corrected chi connectivity index (χ4v) is 3.60. The summed E-state index contributed by atoms with van der Waals surface area (Å²) in [5, 5.41) is 2.63. The van der Waals surface area contributed by atoms with Gasteiger partial charge in [-0.3, -0.25) is 4.79 Å². The highest BCUT2D eigenvalue weighted by Crippen LogP contribution is 2.38. The van der Waals surface area contributed by atoms with Gasteiger partial charge in [0.1, 0.15) is 15.7 Å². The van der Waals surface area contributed by atoms with E-state index >= 15 is 0 Å². The molecule has 0 fully saturated rings. The standard InChI is InChI=1S/C18H11ClF4N2OS/c1-9-8-10(19)6-7-13(9)24-16(26)14-15(18(21,22)23)25-17(27-14)11-4-2-3-5-12(11)20/h2-8H,1H3,(H,24,26). The molecule has 3 rings (SSSR count). The molecule has 27 heavy (non-hydrogen) atoms. The van der Waals surface area contributed by atoms with Gasteiger partial charge in [-0.15, -0.1) is 11.3 Å². The largest absolute Gasteiger partial charge is 0.435 e. The van der Waals surface area contributed by atoms with Crippen LogP contribution in [-0.4, -0.2) is 10.9 Å². The minimum atomic E-state index is -4.86. The Hall–Kier alpha value is -2.45. The molecule has 0 radical (unpaired) electrons. The molecule has 0 bridgehead atoms. The first-order chi connectivity index (χ1) is 12.7. The van der Waals surface area contributed by atoms with E-state index in [0.717, 1.165) is 6.07 Å². The summed E-state index contributed by atoms with van der Waals surface area (Å²) in [7, 11) is 0. The van der Waals surface area contributed by atoms with E-state index in [1.54, 1.807) is 13.0 Å². The molecule has 0 aliphatic rings. The number of nitrogens with one attached hydrogen (secondary N) is 1. The zero-order valence-electron chi connectivity index (χ0n) is 13.7. The van der Waals surface area contributed by atoms with Crippen molar-refractivity contribution >= 4 is 34.5 Å². The molecular weight excluding hydrogens is 404 g/mol. The summed E-state index contributed by atoms with van der Waals surface area (Å²) >= 11 is 6.32. The lowest BCUT2D eigenvalue weighted by atomic mass is 10.2. The van der Waals surface area contributed by atoms with Gasteiger partial charge in [-0.25, -0.2) is 9.37 Å². The molecule has 1 aromatic heterocycles. The molecule has 1 heterocycles. The Morgan fingerprint density at radius 2 is 1.89 bits per heavy atom. The van der Waals surface area contributed by atoms with Gasteiger partial charge < -0.3 is 5.32 Å².